The van der Waals surface area contributed by atoms with Gasteiger partial charge in [-0.05, 0) is 12.1 Å². The maximum atomic E-state index is 14.4. The van der Waals surface area contributed by atoms with Crippen LogP contribution in [0.4, 0.5) is 8.78 Å². The van der Waals surface area contributed by atoms with Crippen molar-refractivity contribution in [2.45, 2.75) is 43.4 Å². The molecule has 0 aliphatic carbocycles. The van der Waals surface area contributed by atoms with E-state index in [0.717, 1.165) is 42.8 Å². The summed E-state index contributed by atoms with van der Waals surface area (Å²) in [5, 5.41) is 0. The van der Waals surface area contributed by atoms with Crippen LogP contribution in [-0.4, -0.2) is 37.3 Å². The van der Waals surface area contributed by atoms with Gasteiger partial charge in [-0.25, -0.2) is 8.78 Å². The standard InChI is InChI=1S/C18H24F2NO/c1-4-10-21(2)13-8-9-14(21)12-18(11-13,22-3)15-6-5-7-16(19)17(15)20/h4-7,13-14H,1,8-12H2,2-3H3/q+1. The van der Waals surface area contributed by atoms with Crippen LogP contribution < -0.4 is 0 Å². The van der Waals surface area contributed by atoms with E-state index in [-0.39, 0.29) is 0 Å². The zero-order valence-electron chi connectivity index (χ0n) is 13.3. The zero-order chi connectivity index (χ0) is 16.0. The largest absolute Gasteiger partial charge is 0.373 e. The molecule has 2 aliphatic rings. The molecule has 2 nitrogen and oxygen atoms in total. The first-order valence-electron chi connectivity index (χ1n) is 7.92. The molecule has 2 aliphatic heterocycles. The van der Waals surface area contributed by atoms with Crippen molar-refractivity contribution in [2.24, 2.45) is 0 Å². The number of rotatable bonds is 4. The van der Waals surface area contributed by atoms with E-state index in [1.807, 2.05) is 6.08 Å². The van der Waals surface area contributed by atoms with Crippen molar-refractivity contribution in [1.29, 1.82) is 0 Å². The van der Waals surface area contributed by atoms with Crippen LogP contribution in [0, 0.1) is 11.6 Å². The molecule has 0 N–H and O–H groups in total. The minimum Gasteiger partial charge on any atom is -0.373 e. The molecule has 2 heterocycles. The van der Waals surface area contributed by atoms with Gasteiger partial charge < -0.3 is 9.22 Å². The van der Waals surface area contributed by atoms with Gasteiger partial charge in [0.1, 0.15) is 5.60 Å². The highest BCUT2D eigenvalue weighted by atomic mass is 19.2. The number of halogens is 2. The molecule has 0 spiro atoms. The molecule has 2 atom stereocenters. The zero-order valence-corrected chi connectivity index (χ0v) is 13.3. The number of hydrogen-bond donors (Lipinski definition) is 0. The summed E-state index contributed by atoms with van der Waals surface area (Å²) in [4.78, 5) is 0. The highest BCUT2D eigenvalue weighted by molar-refractivity contribution is 5.27. The number of benzene rings is 1. The average Bonchev–Trinajstić information content (AvgIpc) is 2.69. The number of likely N-dealkylation sites (N-methyl/N-ethyl adjacent to an activating group) is 1. The fraction of sp³-hybridized carbons (Fsp3) is 0.556. The summed E-state index contributed by atoms with van der Waals surface area (Å²) in [6.07, 6.45) is 5.64. The Labute approximate surface area is 131 Å². The number of piperidine rings is 1. The van der Waals surface area contributed by atoms with E-state index in [9.17, 15) is 8.78 Å². The van der Waals surface area contributed by atoms with Gasteiger partial charge in [-0.3, -0.25) is 0 Å². The third-order valence-electron chi connectivity index (χ3n) is 5.99. The molecule has 0 aromatic heterocycles. The van der Waals surface area contributed by atoms with Gasteiger partial charge in [0.15, 0.2) is 11.6 Å². The molecule has 22 heavy (non-hydrogen) atoms. The van der Waals surface area contributed by atoms with Gasteiger partial charge in [0.2, 0.25) is 0 Å². The van der Waals surface area contributed by atoms with Crippen LogP contribution in [0.2, 0.25) is 0 Å². The summed E-state index contributed by atoms with van der Waals surface area (Å²) in [6, 6.07) is 5.21. The molecule has 4 heteroatoms. The maximum absolute atomic E-state index is 14.4. The predicted molar refractivity (Wildman–Crippen MR) is 82.3 cm³/mol. The van der Waals surface area contributed by atoms with E-state index in [4.69, 9.17) is 4.74 Å². The van der Waals surface area contributed by atoms with Crippen molar-refractivity contribution in [1.82, 2.24) is 0 Å². The molecule has 0 amide bonds. The number of ether oxygens (including phenoxy) is 1. The van der Waals surface area contributed by atoms with Crippen molar-refractivity contribution >= 4 is 0 Å². The second-order valence-electron chi connectivity index (χ2n) is 6.91. The highest BCUT2D eigenvalue weighted by Gasteiger charge is 2.57. The van der Waals surface area contributed by atoms with E-state index < -0.39 is 17.2 Å². The summed E-state index contributed by atoms with van der Waals surface area (Å²) < 4.78 is 34.8. The molecule has 0 saturated carbocycles. The second-order valence-corrected chi connectivity index (χ2v) is 6.91. The molecule has 3 rings (SSSR count). The number of fused-ring (bicyclic) bond motifs is 2. The Morgan fingerprint density at radius 3 is 2.50 bits per heavy atom. The molecule has 1 aromatic carbocycles. The molecular weight excluding hydrogens is 284 g/mol. The molecule has 2 unspecified atom stereocenters. The lowest BCUT2D eigenvalue weighted by Gasteiger charge is -2.51. The van der Waals surface area contributed by atoms with Crippen LogP contribution in [0.1, 0.15) is 31.2 Å². The van der Waals surface area contributed by atoms with Crippen LogP contribution in [0.15, 0.2) is 30.9 Å². The van der Waals surface area contributed by atoms with E-state index in [0.29, 0.717) is 17.6 Å². The van der Waals surface area contributed by atoms with Gasteiger partial charge >= 0.3 is 0 Å². The quantitative estimate of drug-likeness (QED) is 0.608. The van der Waals surface area contributed by atoms with Crippen LogP contribution in [0.25, 0.3) is 0 Å². The summed E-state index contributed by atoms with van der Waals surface area (Å²) in [5.74, 6) is -1.56. The summed E-state index contributed by atoms with van der Waals surface area (Å²) in [5.41, 5.74) is -0.339. The first kappa shape index (κ1) is 15.6. The average molecular weight is 308 g/mol. The lowest BCUT2D eigenvalue weighted by atomic mass is 9.78. The fourth-order valence-corrected chi connectivity index (χ4v) is 4.67. The van der Waals surface area contributed by atoms with Gasteiger partial charge in [0.05, 0.1) is 25.7 Å². The Kier molecular flexibility index (Phi) is 3.86. The highest BCUT2D eigenvalue weighted by Crippen LogP contribution is 2.51. The molecule has 2 bridgehead atoms. The van der Waals surface area contributed by atoms with Gasteiger partial charge in [0, 0.05) is 38.4 Å². The number of nitrogens with zero attached hydrogens (tertiary/aromatic N) is 1. The van der Waals surface area contributed by atoms with Crippen molar-refractivity contribution < 1.29 is 18.0 Å². The second kappa shape index (κ2) is 5.43. The van der Waals surface area contributed by atoms with Gasteiger partial charge in [-0.1, -0.05) is 18.7 Å². The third kappa shape index (κ3) is 2.12. The van der Waals surface area contributed by atoms with Gasteiger partial charge in [-0.15, -0.1) is 0 Å². The smallest absolute Gasteiger partial charge is 0.164 e. The first-order chi connectivity index (χ1) is 10.5. The summed E-state index contributed by atoms with van der Waals surface area (Å²) in [7, 11) is 3.87. The minimum absolute atomic E-state index is 0.372. The van der Waals surface area contributed by atoms with Gasteiger partial charge in [0.25, 0.3) is 0 Å². The maximum Gasteiger partial charge on any atom is 0.164 e. The van der Waals surface area contributed by atoms with Crippen LogP contribution in [-0.2, 0) is 10.3 Å². The van der Waals surface area contributed by atoms with E-state index in [2.05, 4.69) is 13.6 Å². The molecule has 2 fully saturated rings. The molecule has 0 radical (unpaired) electrons. The monoisotopic (exact) mass is 308 g/mol. The summed E-state index contributed by atoms with van der Waals surface area (Å²) >= 11 is 0. The first-order valence-corrected chi connectivity index (χ1v) is 7.92. The van der Waals surface area contributed by atoms with Crippen molar-refractivity contribution in [3.8, 4) is 0 Å². The Hall–Kier alpha value is -1.26. The topological polar surface area (TPSA) is 9.23 Å². The lowest BCUT2D eigenvalue weighted by Crippen LogP contribution is -2.61. The SMILES string of the molecule is C=CC[N+]1(C)C2CCC1CC(OC)(c1cccc(F)c1F)C2. The van der Waals surface area contributed by atoms with Gasteiger partial charge in [-0.2, -0.15) is 0 Å². The lowest BCUT2D eigenvalue weighted by molar-refractivity contribution is -0.946. The molecule has 2 saturated heterocycles. The Balaban J connectivity index is 2.01. The number of quaternary nitrogens is 1. The predicted octanol–water partition coefficient (Wildman–Crippen LogP) is 3.76. The third-order valence-corrected chi connectivity index (χ3v) is 5.99. The van der Waals surface area contributed by atoms with Crippen molar-refractivity contribution in [3.63, 3.8) is 0 Å². The van der Waals surface area contributed by atoms with E-state index in [1.165, 1.54) is 0 Å². The Morgan fingerprint density at radius 1 is 1.32 bits per heavy atom. The molecule has 120 valence electrons. The summed E-state index contributed by atoms with van der Waals surface area (Å²) in [6.45, 7) is 4.80. The van der Waals surface area contributed by atoms with Crippen molar-refractivity contribution in [3.05, 3.63) is 48.1 Å². The number of methoxy groups -OCH3 is 1. The fourth-order valence-electron chi connectivity index (χ4n) is 4.67. The molecular formula is C18H24F2NO+. The normalized spacial score (nSPS) is 37.3. The van der Waals surface area contributed by atoms with E-state index in [1.54, 1.807) is 19.2 Å². The van der Waals surface area contributed by atoms with Crippen LogP contribution >= 0.6 is 0 Å². The van der Waals surface area contributed by atoms with Crippen LogP contribution in [0.3, 0.4) is 0 Å². The van der Waals surface area contributed by atoms with E-state index >= 15 is 0 Å². The van der Waals surface area contributed by atoms with Crippen molar-refractivity contribution in [2.75, 3.05) is 20.7 Å². The minimum atomic E-state index is -0.796. The Morgan fingerprint density at radius 2 is 1.95 bits per heavy atom. The molecule has 1 aromatic rings. The Bertz CT molecular complexity index is 572. The van der Waals surface area contributed by atoms with Crippen LogP contribution in [0.5, 0.6) is 0 Å². The number of hydrogen-bond acceptors (Lipinski definition) is 1.